The normalized spacial score (nSPS) is 13.0. The van der Waals surface area contributed by atoms with Crippen molar-refractivity contribution in [3.05, 3.63) is 40.4 Å². The van der Waals surface area contributed by atoms with Gasteiger partial charge in [-0.15, -0.1) is 0 Å². The average molecular weight is 274 g/mol. The summed E-state index contributed by atoms with van der Waals surface area (Å²) in [6, 6.07) is 7.50. The van der Waals surface area contributed by atoms with Crippen molar-refractivity contribution in [2.45, 2.75) is 19.4 Å². The lowest BCUT2D eigenvalue weighted by Gasteiger charge is -2.18. The van der Waals surface area contributed by atoms with Crippen molar-refractivity contribution in [3.8, 4) is 0 Å². The summed E-state index contributed by atoms with van der Waals surface area (Å²) in [5.41, 5.74) is 0.678. The minimum Gasteiger partial charge on any atom is -0.309 e. The Balaban J connectivity index is 2.23. The van der Waals surface area contributed by atoms with Crippen LogP contribution in [0, 0.1) is 0 Å². The molecule has 0 saturated carbocycles. The molecule has 0 aliphatic heterocycles. The smallest absolute Gasteiger partial charge is 0.258 e. The van der Waals surface area contributed by atoms with Crippen LogP contribution in [0.3, 0.4) is 0 Å². The van der Waals surface area contributed by atoms with E-state index in [-0.39, 0.29) is 11.6 Å². The third-order valence-corrected chi connectivity index (χ3v) is 3.32. The summed E-state index contributed by atoms with van der Waals surface area (Å²) < 4.78 is 0. The molecule has 0 radical (unpaired) electrons. The number of hydrogen-bond acceptors (Lipinski definition) is 4. The van der Waals surface area contributed by atoms with Crippen molar-refractivity contribution >= 4 is 10.9 Å². The van der Waals surface area contributed by atoms with Crippen molar-refractivity contribution in [3.63, 3.8) is 0 Å². The molecule has 1 heterocycles. The number of fused-ring (bicyclic) bond motifs is 1. The number of aromatic nitrogens is 2. The standard InChI is InChI=1S/C15H22N4O/c1-4-12(16-9-10-19(2)3)14-17-13-8-6-5-7-11(13)15(20)18-14/h5-8,12,16H,4,9-10H2,1-3H3,(H,17,18,20). The molecule has 1 unspecified atom stereocenters. The number of H-pyrrole nitrogens is 1. The molecule has 1 aromatic carbocycles. The zero-order valence-electron chi connectivity index (χ0n) is 12.3. The van der Waals surface area contributed by atoms with Crippen LogP contribution in [0.15, 0.2) is 29.1 Å². The van der Waals surface area contributed by atoms with Gasteiger partial charge >= 0.3 is 0 Å². The zero-order chi connectivity index (χ0) is 14.5. The highest BCUT2D eigenvalue weighted by Crippen LogP contribution is 2.13. The fraction of sp³-hybridized carbons (Fsp3) is 0.467. The van der Waals surface area contributed by atoms with Gasteiger partial charge in [0.15, 0.2) is 0 Å². The number of benzene rings is 1. The Bertz CT molecular complexity index is 621. The largest absolute Gasteiger partial charge is 0.309 e. The van der Waals surface area contributed by atoms with Gasteiger partial charge in [0.1, 0.15) is 5.82 Å². The molecule has 0 aliphatic rings. The molecule has 20 heavy (non-hydrogen) atoms. The van der Waals surface area contributed by atoms with Gasteiger partial charge in [0.05, 0.1) is 16.9 Å². The van der Waals surface area contributed by atoms with Crippen molar-refractivity contribution in [2.24, 2.45) is 0 Å². The molecule has 5 nitrogen and oxygen atoms in total. The van der Waals surface area contributed by atoms with E-state index in [1.165, 1.54) is 0 Å². The number of aromatic amines is 1. The maximum absolute atomic E-state index is 12.1. The first-order chi connectivity index (χ1) is 9.61. The Morgan fingerprint density at radius 1 is 1.35 bits per heavy atom. The maximum atomic E-state index is 12.1. The van der Waals surface area contributed by atoms with Crippen LogP contribution in [0.2, 0.25) is 0 Å². The third kappa shape index (κ3) is 3.43. The molecule has 0 aliphatic carbocycles. The van der Waals surface area contributed by atoms with E-state index in [0.29, 0.717) is 5.39 Å². The van der Waals surface area contributed by atoms with Crippen molar-refractivity contribution in [2.75, 3.05) is 27.2 Å². The fourth-order valence-corrected chi connectivity index (χ4v) is 2.17. The molecule has 0 fully saturated rings. The lowest BCUT2D eigenvalue weighted by Crippen LogP contribution is -2.31. The van der Waals surface area contributed by atoms with Gasteiger partial charge in [0.25, 0.3) is 5.56 Å². The lowest BCUT2D eigenvalue weighted by atomic mass is 10.2. The molecule has 0 amide bonds. The molecule has 2 rings (SSSR count). The van der Waals surface area contributed by atoms with Crippen LogP contribution in [0.25, 0.3) is 10.9 Å². The van der Waals surface area contributed by atoms with E-state index in [2.05, 4.69) is 27.1 Å². The quantitative estimate of drug-likeness (QED) is 0.838. The van der Waals surface area contributed by atoms with Crippen LogP contribution in [0.5, 0.6) is 0 Å². The summed E-state index contributed by atoms with van der Waals surface area (Å²) in [6.45, 7) is 3.90. The van der Waals surface area contributed by atoms with Crippen LogP contribution >= 0.6 is 0 Å². The van der Waals surface area contributed by atoms with E-state index in [9.17, 15) is 4.79 Å². The van der Waals surface area contributed by atoms with Crippen molar-refractivity contribution < 1.29 is 0 Å². The number of likely N-dealkylation sites (N-methyl/N-ethyl adjacent to an activating group) is 1. The van der Waals surface area contributed by atoms with Gasteiger partial charge in [0.2, 0.25) is 0 Å². The van der Waals surface area contributed by atoms with Crippen molar-refractivity contribution in [1.29, 1.82) is 0 Å². The number of hydrogen-bond donors (Lipinski definition) is 2. The molecule has 2 aromatic rings. The van der Waals surface area contributed by atoms with E-state index in [1.807, 2.05) is 32.3 Å². The minimum absolute atomic E-state index is 0.0709. The maximum Gasteiger partial charge on any atom is 0.258 e. The van der Waals surface area contributed by atoms with Crippen LogP contribution in [-0.2, 0) is 0 Å². The molecular formula is C15H22N4O. The molecule has 0 spiro atoms. The van der Waals surface area contributed by atoms with Gasteiger partial charge in [-0.2, -0.15) is 0 Å². The summed E-state index contributed by atoms with van der Waals surface area (Å²) in [5.74, 6) is 0.718. The fourth-order valence-electron chi connectivity index (χ4n) is 2.17. The molecule has 0 bridgehead atoms. The van der Waals surface area contributed by atoms with Gasteiger partial charge in [-0.3, -0.25) is 4.79 Å². The van der Waals surface area contributed by atoms with Gasteiger partial charge < -0.3 is 15.2 Å². The Hall–Kier alpha value is -1.72. The number of nitrogens with zero attached hydrogens (tertiary/aromatic N) is 2. The summed E-state index contributed by atoms with van der Waals surface area (Å²) in [5, 5.41) is 4.07. The van der Waals surface area contributed by atoms with Crippen LogP contribution < -0.4 is 10.9 Å². The molecule has 1 atom stereocenters. The Morgan fingerprint density at radius 3 is 2.80 bits per heavy atom. The highest BCUT2D eigenvalue weighted by Gasteiger charge is 2.13. The van der Waals surface area contributed by atoms with E-state index >= 15 is 0 Å². The predicted octanol–water partition coefficient (Wildman–Crippen LogP) is 1.53. The molecule has 1 aromatic heterocycles. The SMILES string of the molecule is CCC(NCCN(C)C)c1nc2ccccc2c(=O)[nH]1. The topological polar surface area (TPSA) is 61.0 Å². The summed E-state index contributed by atoms with van der Waals surface area (Å²) in [4.78, 5) is 21.7. The van der Waals surface area contributed by atoms with Gasteiger partial charge in [-0.1, -0.05) is 19.1 Å². The summed E-state index contributed by atoms with van der Waals surface area (Å²) in [6.07, 6.45) is 0.884. The van der Waals surface area contributed by atoms with Crippen LogP contribution in [-0.4, -0.2) is 42.1 Å². The van der Waals surface area contributed by atoms with E-state index < -0.39 is 0 Å². The van der Waals surface area contributed by atoms with E-state index in [0.717, 1.165) is 30.9 Å². The molecule has 108 valence electrons. The average Bonchev–Trinajstić information content (AvgIpc) is 2.43. The van der Waals surface area contributed by atoms with E-state index in [4.69, 9.17) is 0 Å². The van der Waals surface area contributed by atoms with Crippen LogP contribution in [0.4, 0.5) is 0 Å². The molecular weight excluding hydrogens is 252 g/mol. The zero-order valence-corrected chi connectivity index (χ0v) is 12.3. The van der Waals surface area contributed by atoms with E-state index in [1.54, 1.807) is 6.07 Å². The number of rotatable bonds is 6. The van der Waals surface area contributed by atoms with Gasteiger partial charge in [0, 0.05) is 13.1 Å². The second-order valence-electron chi connectivity index (χ2n) is 5.19. The Kier molecular flexibility index (Phi) is 4.87. The predicted molar refractivity (Wildman–Crippen MR) is 82.0 cm³/mol. The second kappa shape index (κ2) is 6.63. The molecule has 2 N–H and O–H groups in total. The second-order valence-corrected chi connectivity index (χ2v) is 5.19. The first kappa shape index (κ1) is 14.7. The number of nitrogens with one attached hydrogen (secondary N) is 2. The van der Waals surface area contributed by atoms with Gasteiger partial charge in [-0.25, -0.2) is 4.98 Å². The van der Waals surface area contributed by atoms with Gasteiger partial charge in [-0.05, 0) is 32.6 Å². The highest BCUT2D eigenvalue weighted by atomic mass is 16.1. The first-order valence-electron chi connectivity index (χ1n) is 6.99. The summed E-state index contributed by atoms with van der Waals surface area (Å²) in [7, 11) is 4.08. The monoisotopic (exact) mass is 274 g/mol. The third-order valence-electron chi connectivity index (χ3n) is 3.32. The highest BCUT2D eigenvalue weighted by molar-refractivity contribution is 5.77. The summed E-state index contributed by atoms with van der Waals surface area (Å²) >= 11 is 0. The molecule has 5 heteroatoms. The first-order valence-corrected chi connectivity index (χ1v) is 6.99. The van der Waals surface area contributed by atoms with Crippen molar-refractivity contribution in [1.82, 2.24) is 20.2 Å². The minimum atomic E-state index is -0.0709. The molecule has 0 saturated heterocycles. The number of para-hydroxylation sites is 1. The Morgan fingerprint density at radius 2 is 2.10 bits per heavy atom. The Labute approximate surface area is 119 Å². The lowest BCUT2D eigenvalue weighted by molar-refractivity contribution is 0.378. The van der Waals surface area contributed by atoms with Crippen LogP contribution in [0.1, 0.15) is 25.2 Å².